The minimum atomic E-state index is -0.0130. The molecule has 0 saturated heterocycles. The van der Waals surface area contributed by atoms with Crippen molar-refractivity contribution in [1.82, 2.24) is 5.01 Å². The summed E-state index contributed by atoms with van der Waals surface area (Å²) in [6.45, 7) is 2.04. The molecule has 1 aromatic rings. The van der Waals surface area contributed by atoms with Gasteiger partial charge in [-0.3, -0.25) is 9.80 Å². The van der Waals surface area contributed by atoms with Gasteiger partial charge in [0.25, 0.3) is 0 Å². The number of methoxy groups -OCH3 is 1. The predicted octanol–water partition coefficient (Wildman–Crippen LogP) is 2.05. The maximum Gasteiger partial charge on any atom is 0.236 e. The van der Waals surface area contributed by atoms with E-state index in [0.29, 0.717) is 6.42 Å². The van der Waals surface area contributed by atoms with Crippen molar-refractivity contribution in [2.24, 2.45) is 5.84 Å². The topological polar surface area (TPSA) is 55.6 Å². The molecule has 0 saturated carbocycles. The van der Waals surface area contributed by atoms with Crippen LogP contribution in [-0.2, 0) is 11.2 Å². The van der Waals surface area contributed by atoms with Crippen LogP contribution in [0.15, 0.2) is 18.2 Å². The monoisotopic (exact) mass is 250 g/mol. The minimum Gasteiger partial charge on any atom is -0.496 e. The van der Waals surface area contributed by atoms with Crippen molar-refractivity contribution in [3.63, 3.8) is 0 Å². The second-order valence-corrected chi connectivity index (χ2v) is 4.52. The van der Waals surface area contributed by atoms with Gasteiger partial charge in [0.15, 0.2) is 0 Å². The molecule has 1 rings (SSSR count). The van der Waals surface area contributed by atoms with Crippen LogP contribution < -0.4 is 10.6 Å². The van der Waals surface area contributed by atoms with E-state index in [4.69, 9.17) is 10.6 Å². The molecule has 0 radical (unpaired) electrons. The van der Waals surface area contributed by atoms with Gasteiger partial charge >= 0.3 is 0 Å². The Morgan fingerprint density at radius 1 is 1.39 bits per heavy atom. The van der Waals surface area contributed by atoms with Gasteiger partial charge in [-0.25, -0.2) is 5.84 Å². The average molecular weight is 250 g/mol. The zero-order chi connectivity index (χ0) is 13.5. The molecule has 18 heavy (non-hydrogen) atoms. The molecule has 1 aromatic carbocycles. The summed E-state index contributed by atoms with van der Waals surface area (Å²) in [7, 11) is 3.26. The molecule has 1 amide bonds. The first-order valence-electron chi connectivity index (χ1n) is 6.19. The lowest BCUT2D eigenvalue weighted by Crippen LogP contribution is -2.32. The Kier molecular flexibility index (Phi) is 5.65. The summed E-state index contributed by atoms with van der Waals surface area (Å²) in [5.41, 5.74) is 2.43. The van der Waals surface area contributed by atoms with Gasteiger partial charge in [-0.15, -0.1) is 0 Å². The van der Waals surface area contributed by atoms with Gasteiger partial charge in [-0.2, -0.15) is 0 Å². The molecule has 4 heteroatoms. The van der Waals surface area contributed by atoms with Crippen LogP contribution in [-0.4, -0.2) is 25.1 Å². The number of hydrogen-bond acceptors (Lipinski definition) is 3. The Morgan fingerprint density at radius 2 is 2.11 bits per heavy atom. The van der Waals surface area contributed by atoms with Crippen LogP contribution in [0.25, 0.3) is 0 Å². The van der Waals surface area contributed by atoms with E-state index in [1.807, 2.05) is 13.0 Å². The van der Waals surface area contributed by atoms with Crippen LogP contribution >= 0.6 is 0 Å². The van der Waals surface area contributed by atoms with Crippen molar-refractivity contribution < 1.29 is 9.53 Å². The van der Waals surface area contributed by atoms with Gasteiger partial charge in [0, 0.05) is 13.5 Å². The van der Waals surface area contributed by atoms with Crippen molar-refractivity contribution in [1.29, 1.82) is 0 Å². The van der Waals surface area contributed by atoms with Crippen molar-refractivity contribution in [2.45, 2.75) is 32.6 Å². The fourth-order valence-electron chi connectivity index (χ4n) is 1.88. The second kappa shape index (κ2) is 7.01. The number of ether oxygens (including phenoxy) is 1. The molecule has 0 aliphatic heterocycles. The van der Waals surface area contributed by atoms with E-state index < -0.39 is 0 Å². The first-order chi connectivity index (χ1) is 8.54. The number of hydrazine groups is 1. The molecule has 0 atom stereocenters. The number of nitrogens with two attached hydrogens (primary N) is 1. The molecule has 0 heterocycles. The molecule has 100 valence electrons. The van der Waals surface area contributed by atoms with Crippen LogP contribution in [0.5, 0.6) is 5.75 Å². The number of unbranched alkanes of at least 4 members (excludes halogenated alkanes) is 1. The Hall–Kier alpha value is -1.55. The van der Waals surface area contributed by atoms with Gasteiger partial charge in [-0.05, 0) is 43.4 Å². The van der Waals surface area contributed by atoms with Crippen LogP contribution in [0.1, 0.15) is 30.4 Å². The molecule has 2 N–H and O–H groups in total. The third-order valence-electron chi connectivity index (χ3n) is 2.96. The zero-order valence-corrected chi connectivity index (χ0v) is 11.4. The number of benzene rings is 1. The molecular weight excluding hydrogens is 228 g/mol. The van der Waals surface area contributed by atoms with Crippen molar-refractivity contribution in [3.05, 3.63) is 29.3 Å². The maximum absolute atomic E-state index is 11.3. The van der Waals surface area contributed by atoms with Gasteiger partial charge in [0.1, 0.15) is 5.75 Å². The molecule has 0 unspecified atom stereocenters. The third-order valence-corrected chi connectivity index (χ3v) is 2.96. The second-order valence-electron chi connectivity index (χ2n) is 4.52. The average Bonchev–Trinajstić information content (AvgIpc) is 2.34. The van der Waals surface area contributed by atoms with Gasteiger partial charge in [-0.1, -0.05) is 12.1 Å². The molecule has 0 aromatic heterocycles. The Balaban J connectivity index is 2.36. The number of carbonyl (C=O) groups is 1. The van der Waals surface area contributed by atoms with Crippen molar-refractivity contribution in [3.8, 4) is 5.75 Å². The highest BCUT2D eigenvalue weighted by molar-refractivity contribution is 5.75. The predicted molar refractivity (Wildman–Crippen MR) is 72.2 cm³/mol. The zero-order valence-electron chi connectivity index (χ0n) is 11.4. The van der Waals surface area contributed by atoms with Crippen LogP contribution in [0.3, 0.4) is 0 Å². The normalized spacial score (nSPS) is 10.2. The number of hydrogen-bond donors (Lipinski definition) is 1. The molecule has 0 spiro atoms. The van der Waals surface area contributed by atoms with E-state index in [2.05, 4.69) is 12.1 Å². The third kappa shape index (κ3) is 4.37. The Morgan fingerprint density at radius 3 is 2.67 bits per heavy atom. The first kappa shape index (κ1) is 14.5. The highest BCUT2D eigenvalue weighted by Gasteiger charge is 2.04. The van der Waals surface area contributed by atoms with Crippen molar-refractivity contribution in [2.75, 3.05) is 14.2 Å². The standard InChI is InChI=1S/C14H22N2O2/c1-11-10-12(8-9-13(11)18-3)6-4-5-7-14(17)16(2)15/h8-10H,4-7,15H2,1-3H3. The largest absolute Gasteiger partial charge is 0.496 e. The molecular formula is C14H22N2O2. The maximum atomic E-state index is 11.3. The number of rotatable bonds is 6. The van der Waals surface area contributed by atoms with E-state index in [1.165, 1.54) is 5.56 Å². The fraction of sp³-hybridized carbons (Fsp3) is 0.500. The smallest absolute Gasteiger partial charge is 0.236 e. The summed E-state index contributed by atoms with van der Waals surface area (Å²) in [6.07, 6.45) is 3.35. The first-order valence-corrected chi connectivity index (χ1v) is 6.19. The van der Waals surface area contributed by atoms with E-state index >= 15 is 0 Å². The SMILES string of the molecule is COc1ccc(CCCCC(=O)N(C)N)cc1C. The number of carbonyl (C=O) groups excluding carboxylic acids is 1. The summed E-state index contributed by atoms with van der Waals surface area (Å²) < 4.78 is 5.22. The lowest BCUT2D eigenvalue weighted by Gasteiger charge is -2.10. The summed E-state index contributed by atoms with van der Waals surface area (Å²) in [4.78, 5) is 11.3. The van der Waals surface area contributed by atoms with E-state index in [-0.39, 0.29) is 5.91 Å². The molecule has 0 bridgehead atoms. The summed E-state index contributed by atoms with van der Waals surface area (Å²) in [6, 6.07) is 6.20. The van der Waals surface area contributed by atoms with Crippen molar-refractivity contribution >= 4 is 5.91 Å². The number of aryl methyl sites for hydroxylation is 2. The quantitative estimate of drug-likeness (QED) is 0.364. The van der Waals surface area contributed by atoms with E-state index in [0.717, 1.165) is 35.6 Å². The fourth-order valence-corrected chi connectivity index (χ4v) is 1.88. The molecule has 0 aliphatic rings. The Labute approximate surface area is 109 Å². The van der Waals surface area contributed by atoms with E-state index in [9.17, 15) is 4.79 Å². The van der Waals surface area contributed by atoms with Gasteiger partial charge in [0.05, 0.1) is 7.11 Å². The minimum absolute atomic E-state index is 0.0130. The van der Waals surface area contributed by atoms with Gasteiger partial charge in [0.2, 0.25) is 5.91 Å². The molecule has 0 aliphatic carbocycles. The van der Waals surface area contributed by atoms with E-state index in [1.54, 1.807) is 14.2 Å². The number of nitrogens with zero attached hydrogens (tertiary/aromatic N) is 1. The lowest BCUT2D eigenvalue weighted by atomic mass is 10.0. The van der Waals surface area contributed by atoms with Gasteiger partial charge < -0.3 is 4.74 Å². The van der Waals surface area contributed by atoms with Crippen LogP contribution in [0.4, 0.5) is 0 Å². The van der Waals surface area contributed by atoms with Crippen LogP contribution in [0.2, 0.25) is 0 Å². The highest BCUT2D eigenvalue weighted by atomic mass is 16.5. The Bertz CT molecular complexity index is 403. The summed E-state index contributed by atoms with van der Waals surface area (Å²) in [5, 5.41) is 1.15. The molecule has 0 fully saturated rings. The highest BCUT2D eigenvalue weighted by Crippen LogP contribution is 2.19. The number of amides is 1. The molecule has 4 nitrogen and oxygen atoms in total. The lowest BCUT2D eigenvalue weighted by molar-refractivity contribution is -0.130. The van der Waals surface area contributed by atoms with Crippen LogP contribution in [0, 0.1) is 6.92 Å². The summed E-state index contributed by atoms with van der Waals surface area (Å²) >= 11 is 0. The summed E-state index contributed by atoms with van der Waals surface area (Å²) in [5.74, 6) is 6.25.